The van der Waals surface area contributed by atoms with E-state index in [2.05, 4.69) is 10.6 Å². The lowest BCUT2D eigenvalue weighted by atomic mass is 9.49. The average molecular weight is 358 g/mol. The third-order valence-corrected chi connectivity index (χ3v) is 6.72. The topological polar surface area (TPSA) is 71.3 Å². The van der Waals surface area contributed by atoms with Gasteiger partial charge in [0.25, 0.3) is 0 Å². The lowest BCUT2D eigenvalue weighted by Gasteiger charge is -2.55. The standard InChI is InChI=1S/C21H30N2O3/c1-13-3-4-18(26-13)14(2)23-19(24)5-6-22-20(25)21-10-15-7-16(11-21)9-17(8-15)12-21/h3-4,14-17H,5-12H2,1-2H3,(H,22,25)(H,23,24). The van der Waals surface area contributed by atoms with Crippen molar-refractivity contribution < 1.29 is 14.0 Å². The van der Waals surface area contributed by atoms with Crippen LogP contribution in [-0.4, -0.2) is 18.4 Å². The van der Waals surface area contributed by atoms with E-state index in [1.165, 1.54) is 19.3 Å². The summed E-state index contributed by atoms with van der Waals surface area (Å²) in [6, 6.07) is 3.62. The van der Waals surface area contributed by atoms with Crippen LogP contribution in [0.15, 0.2) is 16.5 Å². The molecule has 2 N–H and O–H groups in total. The van der Waals surface area contributed by atoms with E-state index in [4.69, 9.17) is 4.42 Å². The quantitative estimate of drug-likeness (QED) is 0.818. The van der Waals surface area contributed by atoms with Gasteiger partial charge in [-0.25, -0.2) is 0 Å². The van der Waals surface area contributed by atoms with Crippen LogP contribution in [0.4, 0.5) is 0 Å². The molecule has 1 unspecified atom stereocenters. The second-order valence-electron chi connectivity index (χ2n) is 8.94. The van der Waals surface area contributed by atoms with Gasteiger partial charge in [-0.05, 0) is 82.3 Å². The summed E-state index contributed by atoms with van der Waals surface area (Å²) in [6.45, 7) is 4.21. The first kappa shape index (κ1) is 17.6. The van der Waals surface area contributed by atoms with Crippen LogP contribution < -0.4 is 10.6 Å². The van der Waals surface area contributed by atoms with Gasteiger partial charge in [0, 0.05) is 18.4 Å². The van der Waals surface area contributed by atoms with E-state index in [-0.39, 0.29) is 23.3 Å². The second-order valence-corrected chi connectivity index (χ2v) is 8.94. The van der Waals surface area contributed by atoms with Gasteiger partial charge in [0.1, 0.15) is 11.5 Å². The predicted molar refractivity (Wildman–Crippen MR) is 98.2 cm³/mol. The lowest BCUT2D eigenvalue weighted by Crippen LogP contribution is -2.53. The number of carbonyl (C=O) groups is 2. The highest BCUT2D eigenvalue weighted by atomic mass is 16.3. The van der Waals surface area contributed by atoms with Crippen LogP contribution in [0.2, 0.25) is 0 Å². The Morgan fingerprint density at radius 1 is 1.15 bits per heavy atom. The molecule has 142 valence electrons. The molecule has 0 aromatic carbocycles. The third-order valence-electron chi connectivity index (χ3n) is 6.72. The first-order valence-corrected chi connectivity index (χ1v) is 10.1. The van der Waals surface area contributed by atoms with Gasteiger partial charge in [-0.3, -0.25) is 9.59 Å². The van der Waals surface area contributed by atoms with Gasteiger partial charge in [0.2, 0.25) is 11.8 Å². The van der Waals surface area contributed by atoms with Gasteiger partial charge in [-0.2, -0.15) is 0 Å². The molecule has 4 fully saturated rings. The molecule has 26 heavy (non-hydrogen) atoms. The van der Waals surface area contributed by atoms with E-state index in [9.17, 15) is 9.59 Å². The Morgan fingerprint density at radius 3 is 2.31 bits per heavy atom. The maximum Gasteiger partial charge on any atom is 0.226 e. The maximum absolute atomic E-state index is 12.9. The Hall–Kier alpha value is -1.78. The summed E-state index contributed by atoms with van der Waals surface area (Å²) in [4.78, 5) is 25.0. The highest BCUT2D eigenvalue weighted by Gasteiger charge is 2.54. The van der Waals surface area contributed by atoms with E-state index in [1.54, 1.807) is 0 Å². The van der Waals surface area contributed by atoms with E-state index < -0.39 is 0 Å². The third kappa shape index (κ3) is 3.40. The fourth-order valence-corrected chi connectivity index (χ4v) is 5.94. The molecule has 4 aliphatic rings. The molecule has 1 aromatic heterocycles. The van der Waals surface area contributed by atoms with Crippen LogP contribution in [0, 0.1) is 30.1 Å². The number of nitrogens with one attached hydrogen (secondary N) is 2. The summed E-state index contributed by atoms with van der Waals surface area (Å²) in [6.07, 6.45) is 7.49. The van der Waals surface area contributed by atoms with Gasteiger partial charge in [0.15, 0.2) is 0 Å². The molecule has 4 aliphatic carbocycles. The van der Waals surface area contributed by atoms with Crippen LogP contribution in [-0.2, 0) is 9.59 Å². The Bertz CT molecular complexity index is 658. The zero-order valence-corrected chi connectivity index (χ0v) is 15.8. The lowest BCUT2D eigenvalue weighted by molar-refractivity contribution is -0.146. The number of hydrogen-bond donors (Lipinski definition) is 2. The molecule has 5 nitrogen and oxygen atoms in total. The van der Waals surface area contributed by atoms with Crippen molar-refractivity contribution in [2.24, 2.45) is 23.2 Å². The van der Waals surface area contributed by atoms with Crippen LogP contribution in [0.1, 0.15) is 69.4 Å². The number of rotatable bonds is 6. The average Bonchev–Trinajstić information content (AvgIpc) is 3.00. The van der Waals surface area contributed by atoms with Crippen LogP contribution >= 0.6 is 0 Å². The number of aryl methyl sites for hydroxylation is 1. The summed E-state index contributed by atoms with van der Waals surface area (Å²) >= 11 is 0. The molecule has 4 bridgehead atoms. The molecule has 2 amide bonds. The first-order chi connectivity index (χ1) is 12.4. The summed E-state index contributed by atoms with van der Waals surface area (Å²) in [5.74, 6) is 4.00. The second kappa shape index (κ2) is 6.75. The SMILES string of the molecule is Cc1ccc(C(C)NC(=O)CCNC(=O)C23CC4CC(CC(C4)C2)C3)o1. The summed E-state index contributed by atoms with van der Waals surface area (Å²) in [5.41, 5.74) is -0.135. The fourth-order valence-electron chi connectivity index (χ4n) is 5.94. The Labute approximate surface area is 155 Å². The molecule has 0 saturated heterocycles. The van der Waals surface area contributed by atoms with Gasteiger partial charge in [0.05, 0.1) is 6.04 Å². The van der Waals surface area contributed by atoms with E-state index in [1.807, 2.05) is 26.0 Å². The van der Waals surface area contributed by atoms with E-state index >= 15 is 0 Å². The Balaban J connectivity index is 1.24. The van der Waals surface area contributed by atoms with E-state index in [0.29, 0.717) is 13.0 Å². The molecule has 5 rings (SSSR count). The molecule has 1 aromatic rings. The molecule has 0 aliphatic heterocycles. The number of carbonyl (C=O) groups excluding carboxylic acids is 2. The van der Waals surface area contributed by atoms with Gasteiger partial charge >= 0.3 is 0 Å². The van der Waals surface area contributed by atoms with Crippen molar-refractivity contribution in [3.05, 3.63) is 23.7 Å². The molecule has 4 saturated carbocycles. The minimum Gasteiger partial charge on any atom is -0.464 e. The number of amides is 2. The number of furan rings is 1. The molecule has 1 heterocycles. The van der Waals surface area contributed by atoms with Crippen LogP contribution in [0.5, 0.6) is 0 Å². The predicted octanol–water partition coefficient (Wildman–Crippen LogP) is 3.49. The van der Waals surface area contributed by atoms with E-state index in [0.717, 1.165) is 48.5 Å². The largest absolute Gasteiger partial charge is 0.464 e. The molecular weight excluding hydrogens is 328 g/mol. The highest BCUT2D eigenvalue weighted by Crippen LogP contribution is 2.60. The van der Waals surface area contributed by atoms with Gasteiger partial charge < -0.3 is 15.1 Å². The van der Waals surface area contributed by atoms with Crippen molar-refractivity contribution in [3.63, 3.8) is 0 Å². The van der Waals surface area contributed by atoms with Gasteiger partial charge in [-0.15, -0.1) is 0 Å². The summed E-state index contributed by atoms with van der Waals surface area (Å²) in [5, 5.41) is 6.00. The fraction of sp³-hybridized carbons (Fsp3) is 0.714. The summed E-state index contributed by atoms with van der Waals surface area (Å²) < 4.78 is 5.54. The van der Waals surface area contributed by atoms with Crippen LogP contribution in [0.25, 0.3) is 0 Å². The monoisotopic (exact) mass is 358 g/mol. The van der Waals surface area contributed by atoms with Crippen molar-refractivity contribution in [2.75, 3.05) is 6.54 Å². The molecule has 5 heteroatoms. The summed E-state index contributed by atoms with van der Waals surface area (Å²) in [7, 11) is 0. The molecular formula is C21H30N2O3. The molecule has 0 spiro atoms. The van der Waals surface area contributed by atoms with Crippen molar-refractivity contribution in [1.82, 2.24) is 10.6 Å². The smallest absolute Gasteiger partial charge is 0.226 e. The molecule has 0 radical (unpaired) electrons. The highest BCUT2D eigenvalue weighted by molar-refractivity contribution is 5.84. The Kier molecular flexibility index (Phi) is 4.57. The van der Waals surface area contributed by atoms with Crippen molar-refractivity contribution in [2.45, 2.75) is 64.8 Å². The van der Waals surface area contributed by atoms with Crippen molar-refractivity contribution >= 4 is 11.8 Å². The zero-order valence-electron chi connectivity index (χ0n) is 15.8. The van der Waals surface area contributed by atoms with Crippen molar-refractivity contribution in [1.29, 1.82) is 0 Å². The van der Waals surface area contributed by atoms with Gasteiger partial charge in [-0.1, -0.05) is 0 Å². The number of hydrogen-bond acceptors (Lipinski definition) is 3. The normalized spacial score (nSPS) is 33.1. The van der Waals surface area contributed by atoms with Crippen LogP contribution in [0.3, 0.4) is 0 Å². The minimum absolute atomic E-state index is 0.0580. The molecule has 1 atom stereocenters. The Morgan fingerprint density at radius 2 is 1.77 bits per heavy atom. The minimum atomic E-state index is -0.157. The zero-order chi connectivity index (χ0) is 18.3. The first-order valence-electron chi connectivity index (χ1n) is 10.1. The maximum atomic E-state index is 12.9. The van der Waals surface area contributed by atoms with Crippen molar-refractivity contribution in [3.8, 4) is 0 Å².